The summed E-state index contributed by atoms with van der Waals surface area (Å²) in [4.78, 5) is 23.9. The van der Waals surface area contributed by atoms with Gasteiger partial charge in [0, 0.05) is 18.7 Å². The van der Waals surface area contributed by atoms with E-state index in [-0.39, 0.29) is 11.8 Å². The largest absolute Gasteiger partial charge is 0.355 e. The third-order valence-electron chi connectivity index (χ3n) is 4.25. The van der Waals surface area contributed by atoms with Crippen molar-refractivity contribution in [2.45, 2.75) is 33.1 Å². The summed E-state index contributed by atoms with van der Waals surface area (Å²) in [6, 6.07) is 16.1. The molecule has 4 nitrogen and oxygen atoms in total. The maximum Gasteiger partial charge on any atom is 0.230 e. The second-order valence-electron chi connectivity index (χ2n) is 6.56. The van der Waals surface area contributed by atoms with Gasteiger partial charge in [-0.25, -0.2) is 0 Å². The Hall–Kier alpha value is -2.27. The highest BCUT2D eigenvalue weighted by atomic mass is 32.2. The lowest BCUT2D eigenvalue weighted by Gasteiger charge is -2.11. The van der Waals surface area contributed by atoms with Gasteiger partial charge in [-0.2, -0.15) is 11.8 Å². The van der Waals surface area contributed by atoms with E-state index in [0.29, 0.717) is 18.7 Å². The average molecular weight is 385 g/mol. The first-order chi connectivity index (χ1) is 13.1. The molecule has 0 radical (unpaired) electrons. The molecule has 0 saturated carbocycles. The molecular weight excluding hydrogens is 356 g/mol. The van der Waals surface area contributed by atoms with Gasteiger partial charge in [-0.05, 0) is 49.1 Å². The number of aryl methyl sites for hydroxylation is 2. The summed E-state index contributed by atoms with van der Waals surface area (Å²) in [5, 5.41) is 5.93. The predicted octanol–water partition coefficient (Wildman–Crippen LogP) is 4.11. The third-order valence-corrected chi connectivity index (χ3v) is 5.29. The van der Waals surface area contributed by atoms with Crippen molar-refractivity contribution in [1.82, 2.24) is 5.32 Å². The highest BCUT2D eigenvalue weighted by molar-refractivity contribution is 7.99. The fourth-order valence-electron chi connectivity index (χ4n) is 2.76. The van der Waals surface area contributed by atoms with E-state index in [2.05, 4.69) is 22.8 Å². The molecule has 27 heavy (non-hydrogen) atoms. The Morgan fingerprint density at radius 3 is 2.33 bits per heavy atom. The lowest BCUT2D eigenvalue weighted by atomic mass is 10.1. The number of anilines is 1. The number of hydrogen-bond donors (Lipinski definition) is 2. The number of hydrogen-bond acceptors (Lipinski definition) is 3. The van der Waals surface area contributed by atoms with E-state index < -0.39 is 0 Å². The van der Waals surface area contributed by atoms with Crippen LogP contribution in [0.25, 0.3) is 0 Å². The zero-order valence-corrected chi connectivity index (χ0v) is 16.9. The number of carbonyl (C=O) groups is 2. The minimum atomic E-state index is 0.0281. The van der Waals surface area contributed by atoms with Crippen LogP contribution >= 0.6 is 11.8 Å². The second-order valence-corrected chi connectivity index (χ2v) is 7.66. The summed E-state index contributed by atoms with van der Waals surface area (Å²) in [5.41, 5.74) is 4.28. The van der Waals surface area contributed by atoms with Gasteiger partial charge < -0.3 is 10.6 Å². The normalized spacial score (nSPS) is 10.4. The Morgan fingerprint density at radius 1 is 0.926 bits per heavy atom. The van der Waals surface area contributed by atoms with E-state index in [1.807, 2.05) is 50.2 Å². The number of thioether (sulfide) groups is 1. The number of nitrogens with one attached hydrogen (secondary N) is 2. The molecule has 2 rings (SSSR count). The number of amides is 2. The van der Waals surface area contributed by atoms with Gasteiger partial charge in [0.15, 0.2) is 0 Å². The Morgan fingerprint density at radius 2 is 1.63 bits per heavy atom. The van der Waals surface area contributed by atoms with Gasteiger partial charge in [-0.1, -0.05) is 48.5 Å². The summed E-state index contributed by atoms with van der Waals surface area (Å²) in [6.07, 6.45) is 2.07. The van der Waals surface area contributed by atoms with Crippen LogP contribution in [0.3, 0.4) is 0 Å². The van der Waals surface area contributed by atoms with Crippen LogP contribution < -0.4 is 10.6 Å². The monoisotopic (exact) mass is 384 g/mol. The van der Waals surface area contributed by atoms with Crippen LogP contribution in [0.1, 0.15) is 29.5 Å². The minimum Gasteiger partial charge on any atom is -0.355 e. The summed E-state index contributed by atoms with van der Waals surface area (Å²) < 4.78 is 0. The molecule has 0 heterocycles. The van der Waals surface area contributed by atoms with Crippen molar-refractivity contribution in [3.05, 3.63) is 65.2 Å². The molecule has 0 fully saturated rings. The summed E-state index contributed by atoms with van der Waals surface area (Å²) in [6.45, 7) is 4.64. The molecule has 2 N–H and O–H groups in total. The van der Waals surface area contributed by atoms with Crippen molar-refractivity contribution in [2.24, 2.45) is 0 Å². The van der Waals surface area contributed by atoms with Gasteiger partial charge in [-0.15, -0.1) is 0 Å². The minimum absolute atomic E-state index is 0.0281. The Bertz CT molecular complexity index is 727. The zero-order chi connectivity index (χ0) is 19.5. The number of carbonyl (C=O) groups excluding carboxylic acids is 2. The zero-order valence-electron chi connectivity index (χ0n) is 16.1. The standard InChI is InChI=1S/C22H28N2O2S/c1-17-8-6-9-18(2)22(17)24-20(25)12-7-15-27-16-21(26)23-14-13-19-10-4-3-5-11-19/h3-6,8-11H,7,12-16H2,1-2H3,(H,23,26)(H,24,25). The van der Waals surface area contributed by atoms with Crippen LogP contribution in [-0.4, -0.2) is 29.9 Å². The van der Waals surface area contributed by atoms with Crippen molar-refractivity contribution in [1.29, 1.82) is 0 Å². The topological polar surface area (TPSA) is 58.2 Å². The lowest BCUT2D eigenvalue weighted by molar-refractivity contribution is -0.118. The molecule has 2 aromatic rings. The first-order valence-corrected chi connectivity index (χ1v) is 10.5. The molecule has 0 aliphatic heterocycles. The van der Waals surface area contributed by atoms with Crippen LogP contribution in [0.5, 0.6) is 0 Å². The maximum absolute atomic E-state index is 12.1. The van der Waals surface area contributed by atoms with E-state index in [0.717, 1.165) is 35.4 Å². The molecular formula is C22H28N2O2S. The Labute approximate surface area is 166 Å². The van der Waals surface area contributed by atoms with E-state index in [1.54, 1.807) is 11.8 Å². The lowest BCUT2D eigenvalue weighted by Crippen LogP contribution is -2.27. The van der Waals surface area contributed by atoms with Crippen molar-refractivity contribution in [3.8, 4) is 0 Å². The van der Waals surface area contributed by atoms with E-state index in [4.69, 9.17) is 0 Å². The smallest absolute Gasteiger partial charge is 0.230 e. The third kappa shape index (κ3) is 7.87. The Kier molecular flexibility index (Phi) is 8.92. The molecule has 0 atom stereocenters. The van der Waals surface area contributed by atoms with Crippen molar-refractivity contribution >= 4 is 29.3 Å². The van der Waals surface area contributed by atoms with Crippen molar-refractivity contribution in [3.63, 3.8) is 0 Å². The quantitative estimate of drug-likeness (QED) is 0.606. The van der Waals surface area contributed by atoms with E-state index >= 15 is 0 Å². The maximum atomic E-state index is 12.1. The van der Waals surface area contributed by atoms with Gasteiger partial charge in [0.2, 0.25) is 11.8 Å². The molecule has 5 heteroatoms. The summed E-state index contributed by atoms with van der Waals surface area (Å²) in [7, 11) is 0. The first-order valence-electron chi connectivity index (χ1n) is 9.30. The van der Waals surface area contributed by atoms with Crippen LogP contribution in [0, 0.1) is 13.8 Å². The fourth-order valence-corrected chi connectivity index (χ4v) is 3.54. The van der Waals surface area contributed by atoms with E-state index in [1.165, 1.54) is 5.56 Å². The number of para-hydroxylation sites is 1. The van der Waals surface area contributed by atoms with Crippen molar-refractivity contribution < 1.29 is 9.59 Å². The van der Waals surface area contributed by atoms with Crippen LogP contribution in [0.4, 0.5) is 5.69 Å². The molecule has 0 spiro atoms. The molecule has 2 amide bonds. The van der Waals surface area contributed by atoms with Crippen LogP contribution in [0.2, 0.25) is 0 Å². The SMILES string of the molecule is Cc1cccc(C)c1NC(=O)CCCSCC(=O)NCCc1ccccc1. The van der Waals surface area contributed by atoms with Crippen LogP contribution in [0.15, 0.2) is 48.5 Å². The summed E-state index contributed by atoms with van der Waals surface area (Å²) in [5.74, 6) is 1.32. The van der Waals surface area contributed by atoms with Crippen LogP contribution in [-0.2, 0) is 16.0 Å². The highest BCUT2D eigenvalue weighted by Gasteiger charge is 2.07. The average Bonchev–Trinajstić information content (AvgIpc) is 2.65. The number of rotatable bonds is 10. The van der Waals surface area contributed by atoms with Gasteiger partial charge >= 0.3 is 0 Å². The molecule has 0 unspecified atom stereocenters. The van der Waals surface area contributed by atoms with Gasteiger partial charge in [0.25, 0.3) is 0 Å². The molecule has 2 aromatic carbocycles. The van der Waals surface area contributed by atoms with Gasteiger partial charge in [0.05, 0.1) is 5.75 Å². The molecule has 0 saturated heterocycles. The van der Waals surface area contributed by atoms with Gasteiger partial charge in [-0.3, -0.25) is 9.59 Å². The first kappa shape index (κ1) is 21.0. The molecule has 0 bridgehead atoms. The molecule has 144 valence electrons. The Balaban J connectivity index is 1.54. The molecule has 0 aliphatic carbocycles. The fraction of sp³-hybridized carbons (Fsp3) is 0.364. The highest BCUT2D eigenvalue weighted by Crippen LogP contribution is 2.19. The van der Waals surface area contributed by atoms with Crippen molar-refractivity contribution in [2.75, 3.05) is 23.4 Å². The second kappa shape index (κ2) is 11.4. The molecule has 0 aromatic heterocycles. The van der Waals surface area contributed by atoms with Gasteiger partial charge in [0.1, 0.15) is 0 Å². The summed E-state index contributed by atoms with van der Waals surface area (Å²) >= 11 is 1.57. The van der Waals surface area contributed by atoms with E-state index in [9.17, 15) is 9.59 Å². The molecule has 0 aliphatic rings. The predicted molar refractivity (Wildman–Crippen MR) is 114 cm³/mol. The number of benzene rings is 2.